The molecule has 2 rings (SSSR count). The molecule has 1 atom stereocenters. The van der Waals surface area contributed by atoms with Crippen LogP contribution in [-0.2, 0) is 0 Å². The molecule has 2 nitrogen and oxygen atoms in total. The zero-order chi connectivity index (χ0) is 13.0. The van der Waals surface area contributed by atoms with E-state index in [1.54, 1.807) is 0 Å². The molecule has 1 fully saturated rings. The van der Waals surface area contributed by atoms with Gasteiger partial charge < -0.3 is 0 Å². The van der Waals surface area contributed by atoms with Crippen LogP contribution in [0.25, 0.3) is 0 Å². The number of nitrogens with two attached hydrogens (primary N) is 1. The van der Waals surface area contributed by atoms with Crippen molar-refractivity contribution in [3.8, 4) is 0 Å². The van der Waals surface area contributed by atoms with Crippen LogP contribution in [-0.4, -0.2) is 11.5 Å². The molecule has 1 unspecified atom stereocenters. The van der Waals surface area contributed by atoms with Crippen LogP contribution >= 0.6 is 11.8 Å². The Labute approximate surface area is 110 Å². The summed E-state index contributed by atoms with van der Waals surface area (Å²) in [5.74, 6) is 7.33. The van der Waals surface area contributed by atoms with Crippen LogP contribution in [0.3, 0.4) is 0 Å². The average Bonchev–Trinajstić information content (AvgIpc) is 2.36. The highest BCUT2D eigenvalue weighted by Gasteiger charge is 2.20. The van der Waals surface area contributed by atoms with E-state index in [9.17, 15) is 8.78 Å². The Hall–Kier alpha value is -0.650. The molecule has 18 heavy (non-hydrogen) atoms. The first-order valence-electron chi connectivity index (χ1n) is 6.19. The summed E-state index contributed by atoms with van der Waals surface area (Å²) in [4.78, 5) is 0. The third kappa shape index (κ3) is 3.67. The highest BCUT2D eigenvalue weighted by atomic mass is 32.2. The summed E-state index contributed by atoms with van der Waals surface area (Å²) in [5.41, 5.74) is 3.27. The van der Waals surface area contributed by atoms with Crippen molar-refractivity contribution < 1.29 is 8.78 Å². The van der Waals surface area contributed by atoms with E-state index in [0.29, 0.717) is 11.5 Å². The van der Waals surface area contributed by atoms with Gasteiger partial charge in [0.15, 0.2) is 0 Å². The van der Waals surface area contributed by atoms with E-state index >= 15 is 0 Å². The van der Waals surface area contributed by atoms with Crippen molar-refractivity contribution in [2.75, 3.05) is 11.5 Å². The van der Waals surface area contributed by atoms with Gasteiger partial charge in [-0.1, -0.05) is 0 Å². The minimum absolute atomic E-state index is 0.178. The summed E-state index contributed by atoms with van der Waals surface area (Å²) < 4.78 is 26.4. The molecule has 1 heterocycles. The van der Waals surface area contributed by atoms with Crippen molar-refractivity contribution in [1.82, 2.24) is 5.43 Å². The lowest BCUT2D eigenvalue weighted by Gasteiger charge is -2.26. The first-order chi connectivity index (χ1) is 8.69. The smallest absolute Gasteiger partial charge is 0.126 e. The number of nitrogens with one attached hydrogen (secondary N) is 1. The molecule has 0 radical (unpaired) electrons. The highest BCUT2D eigenvalue weighted by molar-refractivity contribution is 7.99. The largest absolute Gasteiger partial charge is 0.271 e. The molecule has 1 aromatic rings. The third-order valence-corrected chi connectivity index (χ3v) is 4.45. The third-order valence-electron chi connectivity index (χ3n) is 3.40. The molecule has 1 aliphatic heterocycles. The fraction of sp³-hybridized carbons (Fsp3) is 0.538. The Morgan fingerprint density at radius 2 is 1.83 bits per heavy atom. The van der Waals surface area contributed by atoms with Crippen molar-refractivity contribution in [3.05, 3.63) is 35.4 Å². The lowest BCUT2D eigenvalue weighted by atomic mass is 9.91. The van der Waals surface area contributed by atoms with Crippen LogP contribution < -0.4 is 11.3 Å². The van der Waals surface area contributed by atoms with Crippen molar-refractivity contribution in [3.63, 3.8) is 0 Å². The van der Waals surface area contributed by atoms with Gasteiger partial charge >= 0.3 is 0 Å². The Morgan fingerprint density at radius 3 is 2.39 bits per heavy atom. The SMILES string of the molecule is NNC(CC1CCSCC1)c1cc(F)cc(F)c1. The van der Waals surface area contributed by atoms with Crippen LogP contribution in [0, 0.1) is 17.6 Å². The predicted octanol–water partition coefficient (Wildman–Crippen LogP) is 3.00. The molecule has 5 heteroatoms. The minimum Gasteiger partial charge on any atom is -0.271 e. The van der Waals surface area contributed by atoms with Gasteiger partial charge in [0.2, 0.25) is 0 Å². The van der Waals surface area contributed by atoms with Crippen LogP contribution in [0.5, 0.6) is 0 Å². The summed E-state index contributed by atoms with van der Waals surface area (Å²) in [6, 6.07) is 3.41. The maximum Gasteiger partial charge on any atom is 0.126 e. The summed E-state index contributed by atoms with van der Waals surface area (Å²) in [6.07, 6.45) is 3.14. The number of hydrazine groups is 1. The van der Waals surface area contributed by atoms with Gasteiger partial charge in [0.1, 0.15) is 11.6 Å². The lowest BCUT2D eigenvalue weighted by molar-refractivity contribution is 0.372. The van der Waals surface area contributed by atoms with Gasteiger partial charge in [-0.25, -0.2) is 8.78 Å². The van der Waals surface area contributed by atoms with Gasteiger partial charge in [0.25, 0.3) is 0 Å². The van der Waals surface area contributed by atoms with E-state index in [2.05, 4.69) is 5.43 Å². The molecular formula is C13H18F2N2S. The monoisotopic (exact) mass is 272 g/mol. The van der Waals surface area contributed by atoms with E-state index in [1.165, 1.54) is 23.6 Å². The van der Waals surface area contributed by atoms with E-state index < -0.39 is 11.6 Å². The van der Waals surface area contributed by atoms with Gasteiger partial charge in [-0.05, 0) is 54.4 Å². The number of rotatable bonds is 4. The van der Waals surface area contributed by atoms with Crippen molar-refractivity contribution in [2.45, 2.75) is 25.3 Å². The van der Waals surface area contributed by atoms with E-state index in [-0.39, 0.29) is 6.04 Å². The molecule has 1 aromatic carbocycles. The average molecular weight is 272 g/mol. The standard InChI is InChI=1S/C13H18F2N2S/c14-11-6-10(7-12(15)8-11)13(17-16)5-9-1-3-18-4-2-9/h6-9,13,17H,1-5,16H2. The van der Waals surface area contributed by atoms with Gasteiger partial charge in [0.05, 0.1) is 0 Å². The normalized spacial score (nSPS) is 18.8. The first kappa shape index (κ1) is 13.8. The summed E-state index contributed by atoms with van der Waals surface area (Å²) in [7, 11) is 0. The van der Waals surface area contributed by atoms with Crippen LogP contribution in [0.1, 0.15) is 30.9 Å². The Balaban J connectivity index is 2.06. The highest BCUT2D eigenvalue weighted by Crippen LogP contribution is 2.31. The summed E-state index contributed by atoms with van der Waals surface area (Å²) >= 11 is 1.96. The lowest BCUT2D eigenvalue weighted by Crippen LogP contribution is -2.30. The molecule has 0 aliphatic carbocycles. The van der Waals surface area contributed by atoms with Crippen LogP contribution in [0.2, 0.25) is 0 Å². The molecule has 0 spiro atoms. The minimum atomic E-state index is -0.551. The van der Waals surface area contributed by atoms with E-state index in [4.69, 9.17) is 5.84 Å². The Bertz CT molecular complexity index is 374. The number of hydrogen-bond acceptors (Lipinski definition) is 3. The zero-order valence-corrected chi connectivity index (χ0v) is 11.0. The number of thioether (sulfide) groups is 1. The molecule has 3 N–H and O–H groups in total. The molecule has 0 aromatic heterocycles. The molecule has 0 saturated carbocycles. The van der Waals surface area contributed by atoms with Gasteiger partial charge in [-0.2, -0.15) is 11.8 Å². The summed E-state index contributed by atoms with van der Waals surface area (Å²) in [5, 5.41) is 0. The van der Waals surface area contributed by atoms with Crippen molar-refractivity contribution in [2.24, 2.45) is 11.8 Å². The fourth-order valence-corrected chi connectivity index (χ4v) is 3.60. The van der Waals surface area contributed by atoms with Crippen LogP contribution in [0.4, 0.5) is 8.78 Å². The van der Waals surface area contributed by atoms with E-state index in [0.717, 1.165) is 25.3 Å². The Morgan fingerprint density at radius 1 is 1.22 bits per heavy atom. The number of benzene rings is 1. The zero-order valence-electron chi connectivity index (χ0n) is 10.2. The number of hydrogen-bond donors (Lipinski definition) is 2. The van der Waals surface area contributed by atoms with E-state index in [1.807, 2.05) is 11.8 Å². The molecule has 0 bridgehead atoms. The maximum absolute atomic E-state index is 13.2. The molecule has 100 valence electrons. The van der Waals surface area contributed by atoms with Crippen molar-refractivity contribution in [1.29, 1.82) is 0 Å². The quantitative estimate of drug-likeness (QED) is 0.653. The van der Waals surface area contributed by atoms with Gasteiger partial charge in [-0.3, -0.25) is 11.3 Å². The predicted molar refractivity (Wildman–Crippen MR) is 71.1 cm³/mol. The van der Waals surface area contributed by atoms with Crippen LogP contribution in [0.15, 0.2) is 18.2 Å². The Kier molecular flexibility index (Phi) is 4.97. The second-order valence-corrected chi connectivity index (χ2v) is 5.94. The molecular weight excluding hydrogens is 254 g/mol. The summed E-state index contributed by atoms with van der Waals surface area (Å²) in [6.45, 7) is 0. The van der Waals surface area contributed by atoms with Gasteiger partial charge in [-0.15, -0.1) is 0 Å². The van der Waals surface area contributed by atoms with Crippen molar-refractivity contribution >= 4 is 11.8 Å². The number of halogens is 2. The maximum atomic E-state index is 13.2. The first-order valence-corrected chi connectivity index (χ1v) is 7.34. The fourth-order valence-electron chi connectivity index (χ4n) is 2.39. The van der Waals surface area contributed by atoms with Gasteiger partial charge in [0, 0.05) is 12.1 Å². The second kappa shape index (κ2) is 6.50. The molecule has 0 amide bonds. The second-order valence-electron chi connectivity index (χ2n) is 4.71. The molecule has 1 saturated heterocycles. The molecule has 1 aliphatic rings. The topological polar surface area (TPSA) is 38.0 Å².